The highest BCUT2D eigenvalue weighted by Gasteiger charge is 2.18. The van der Waals surface area contributed by atoms with Gasteiger partial charge in [0.1, 0.15) is 0 Å². The highest BCUT2D eigenvalue weighted by molar-refractivity contribution is 5.90. The topological polar surface area (TPSA) is 55.1 Å². The summed E-state index contributed by atoms with van der Waals surface area (Å²) in [6.45, 7) is 1.95. The second kappa shape index (κ2) is 6.01. The Bertz CT molecular complexity index is 391. The van der Waals surface area contributed by atoms with E-state index in [-0.39, 0.29) is 11.9 Å². The maximum Gasteiger partial charge on any atom is 0.224 e. The summed E-state index contributed by atoms with van der Waals surface area (Å²) >= 11 is 0. The number of rotatable bonds is 4. The zero-order valence-corrected chi connectivity index (χ0v) is 11.0. The molecule has 3 nitrogen and oxygen atoms in total. The van der Waals surface area contributed by atoms with Gasteiger partial charge in [0.05, 0.1) is 0 Å². The Kier molecular flexibility index (Phi) is 4.37. The van der Waals surface area contributed by atoms with Gasteiger partial charge in [0.2, 0.25) is 5.91 Å². The summed E-state index contributed by atoms with van der Waals surface area (Å²) in [5.74, 6) is 0.726. The van der Waals surface area contributed by atoms with E-state index < -0.39 is 0 Å². The molecular formula is C15H22N2O. The molecule has 0 bridgehead atoms. The lowest BCUT2D eigenvalue weighted by molar-refractivity contribution is -0.117. The average molecular weight is 246 g/mol. The fourth-order valence-electron chi connectivity index (χ4n) is 2.56. The number of amides is 1. The normalized spacial score (nSPS) is 17.7. The van der Waals surface area contributed by atoms with Gasteiger partial charge in [0, 0.05) is 18.2 Å². The molecular weight excluding hydrogens is 224 g/mol. The first-order valence-electron chi connectivity index (χ1n) is 6.80. The van der Waals surface area contributed by atoms with Crippen molar-refractivity contribution in [1.82, 2.24) is 0 Å². The summed E-state index contributed by atoms with van der Waals surface area (Å²) in [6.07, 6.45) is 5.63. The molecule has 0 saturated heterocycles. The fourth-order valence-corrected chi connectivity index (χ4v) is 2.56. The first-order valence-corrected chi connectivity index (χ1v) is 6.80. The molecule has 0 aliphatic heterocycles. The first-order chi connectivity index (χ1) is 8.65. The van der Waals surface area contributed by atoms with E-state index in [4.69, 9.17) is 5.73 Å². The summed E-state index contributed by atoms with van der Waals surface area (Å²) in [6, 6.07) is 7.82. The van der Waals surface area contributed by atoms with Crippen LogP contribution in [0, 0.1) is 5.92 Å². The maximum atomic E-state index is 11.9. The van der Waals surface area contributed by atoms with Crippen LogP contribution < -0.4 is 11.1 Å². The number of hydrogen-bond donors (Lipinski definition) is 2. The van der Waals surface area contributed by atoms with Crippen LogP contribution in [0.1, 0.15) is 50.6 Å². The molecule has 98 valence electrons. The quantitative estimate of drug-likeness (QED) is 0.857. The predicted molar refractivity (Wildman–Crippen MR) is 74.2 cm³/mol. The Morgan fingerprint density at radius 3 is 2.50 bits per heavy atom. The average Bonchev–Trinajstić information content (AvgIpc) is 2.82. The van der Waals surface area contributed by atoms with E-state index in [0.717, 1.165) is 11.3 Å². The molecule has 2 rings (SSSR count). The summed E-state index contributed by atoms with van der Waals surface area (Å²) in [5, 5.41) is 2.96. The number of nitrogens with two attached hydrogens (primary N) is 1. The van der Waals surface area contributed by atoms with Crippen LogP contribution in [0.25, 0.3) is 0 Å². The van der Waals surface area contributed by atoms with Crippen LogP contribution in [0.15, 0.2) is 24.3 Å². The SMILES string of the molecule is CC(N)c1ccc(NC(=O)CC2CCCC2)cc1. The van der Waals surface area contributed by atoms with E-state index in [1.165, 1.54) is 25.7 Å². The van der Waals surface area contributed by atoms with Crippen molar-refractivity contribution >= 4 is 11.6 Å². The maximum absolute atomic E-state index is 11.9. The third-order valence-electron chi connectivity index (χ3n) is 3.67. The van der Waals surface area contributed by atoms with Gasteiger partial charge >= 0.3 is 0 Å². The second-order valence-electron chi connectivity index (χ2n) is 5.31. The smallest absolute Gasteiger partial charge is 0.224 e. The zero-order valence-electron chi connectivity index (χ0n) is 11.0. The third-order valence-corrected chi connectivity index (χ3v) is 3.67. The van der Waals surface area contributed by atoms with Gasteiger partial charge in [-0.3, -0.25) is 4.79 Å². The highest BCUT2D eigenvalue weighted by Crippen LogP contribution is 2.27. The molecule has 1 aromatic carbocycles. The van der Waals surface area contributed by atoms with E-state index in [1.807, 2.05) is 31.2 Å². The molecule has 1 atom stereocenters. The molecule has 1 aliphatic carbocycles. The lowest BCUT2D eigenvalue weighted by Gasteiger charge is -2.11. The molecule has 1 aliphatic rings. The van der Waals surface area contributed by atoms with Crippen molar-refractivity contribution < 1.29 is 4.79 Å². The summed E-state index contributed by atoms with van der Waals surface area (Å²) in [4.78, 5) is 11.9. The van der Waals surface area contributed by atoms with Gasteiger partial charge in [-0.1, -0.05) is 25.0 Å². The van der Waals surface area contributed by atoms with Crippen molar-refractivity contribution in [1.29, 1.82) is 0 Å². The van der Waals surface area contributed by atoms with Crippen molar-refractivity contribution in [3.8, 4) is 0 Å². The van der Waals surface area contributed by atoms with Crippen LogP contribution in [0.2, 0.25) is 0 Å². The minimum atomic E-state index is 0.0354. The Labute approximate surface area is 109 Å². The van der Waals surface area contributed by atoms with Crippen molar-refractivity contribution in [2.45, 2.75) is 45.1 Å². The van der Waals surface area contributed by atoms with Gasteiger partial charge in [-0.15, -0.1) is 0 Å². The van der Waals surface area contributed by atoms with Gasteiger partial charge in [-0.25, -0.2) is 0 Å². The minimum Gasteiger partial charge on any atom is -0.326 e. The molecule has 1 fully saturated rings. The predicted octanol–water partition coefficient (Wildman–Crippen LogP) is 3.23. The summed E-state index contributed by atoms with van der Waals surface area (Å²) in [7, 11) is 0. The molecule has 3 heteroatoms. The van der Waals surface area contributed by atoms with Crippen LogP contribution in [0.4, 0.5) is 5.69 Å². The van der Waals surface area contributed by atoms with E-state index in [2.05, 4.69) is 5.32 Å². The summed E-state index contributed by atoms with van der Waals surface area (Å²) < 4.78 is 0. The van der Waals surface area contributed by atoms with E-state index in [9.17, 15) is 4.79 Å². The van der Waals surface area contributed by atoms with Gasteiger partial charge < -0.3 is 11.1 Å². The number of nitrogens with one attached hydrogen (secondary N) is 1. The van der Waals surface area contributed by atoms with Crippen LogP contribution in [0.3, 0.4) is 0 Å². The Morgan fingerprint density at radius 1 is 1.33 bits per heavy atom. The molecule has 18 heavy (non-hydrogen) atoms. The van der Waals surface area contributed by atoms with Gasteiger partial charge in [-0.2, -0.15) is 0 Å². The number of anilines is 1. The van der Waals surface area contributed by atoms with Crippen molar-refractivity contribution in [3.63, 3.8) is 0 Å². The fraction of sp³-hybridized carbons (Fsp3) is 0.533. The van der Waals surface area contributed by atoms with Crippen LogP contribution >= 0.6 is 0 Å². The third kappa shape index (κ3) is 3.57. The van der Waals surface area contributed by atoms with Crippen molar-refractivity contribution in [2.24, 2.45) is 11.7 Å². The van der Waals surface area contributed by atoms with Crippen molar-refractivity contribution in [3.05, 3.63) is 29.8 Å². The lowest BCUT2D eigenvalue weighted by Crippen LogP contribution is -2.15. The van der Waals surface area contributed by atoms with Gasteiger partial charge in [0.25, 0.3) is 0 Å². The Balaban J connectivity index is 1.86. The lowest BCUT2D eigenvalue weighted by atomic mass is 10.0. The largest absolute Gasteiger partial charge is 0.326 e. The molecule has 1 aromatic rings. The minimum absolute atomic E-state index is 0.0354. The highest BCUT2D eigenvalue weighted by atomic mass is 16.1. The molecule has 0 radical (unpaired) electrons. The molecule has 1 saturated carbocycles. The number of carbonyl (C=O) groups is 1. The molecule has 0 aromatic heterocycles. The Morgan fingerprint density at radius 2 is 1.94 bits per heavy atom. The second-order valence-corrected chi connectivity index (χ2v) is 5.31. The molecule has 1 amide bonds. The summed E-state index contributed by atoms with van der Waals surface area (Å²) in [5.41, 5.74) is 7.74. The van der Waals surface area contributed by atoms with E-state index >= 15 is 0 Å². The van der Waals surface area contributed by atoms with Gasteiger partial charge in [-0.05, 0) is 43.4 Å². The molecule has 3 N–H and O–H groups in total. The number of hydrogen-bond acceptors (Lipinski definition) is 2. The number of benzene rings is 1. The van der Waals surface area contributed by atoms with E-state index in [0.29, 0.717) is 12.3 Å². The van der Waals surface area contributed by atoms with E-state index in [1.54, 1.807) is 0 Å². The van der Waals surface area contributed by atoms with Crippen LogP contribution in [-0.2, 0) is 4.79 Å². The van der Waals surface area contributed by atoms with Crippen LogP contribution in [0.5, 0.6) is 0 Å². The van der Waals surface area contributed by atoms with Crippen LogP contribution in [-0.4, -0.2) is 5.91 Å². The number of carbonyl (C=O) groups excluding carboxylic acids is 1. The Hall–Kier alpha value is -1.35. The zero-order chi connectivity index (χ0) is 13.0. The monoisotopic (exact) mass is 246 g/mol. The molecule has 1 unspecified atom stereocenters. The molecule has 0 spiro atoms. The standard InChI is InChI=1S/C15H22N2O/c1-11(16)13-6-8-14(9-7-13)17-15(18)10-12-4-2-3-5-12/h6-9,11-12H,2-5,10,16H2,1H3,(H,17,18). The first kappa shape index (κ1) is 13.1. The molecule has 0 heterocycles. The van der Waals surface area contributed by atoms with Crippen molar-refractivity contribution in [2.75, 3.05) is 5.32 Å². The van der Waals surface area contributed by atoms with Gasteiger partial charge in [0.15, 0.2) is 0 Å².